The van der Waals surface area contributed by atoms with Crippen LogP contribution in [-0.4, -0.2) is 38.4 Å². The number of hydrogen-bond donors (Lipinski definition) is 6. The molecule has 1 heterocycles. The van der Waals surface area contributed by atoms with Gasteiger partial charge >= 0.3 is 18.4 Å². The minimum absolute atomic E-state index is 0.0537. The van der Waals surface area contributed by atoms with Crippen LogP contribution in [0.25, 0.3) is 0 Å². The van der Waals surface area contributed by atoms with Crippen molar-refractivity contribution in [2.24, 2.45) is 0 Å². The SMILES string of the molecule is O=C(Nc1ccc(C(F)(F)F)cc1)Nc1[nH]c(Cc2ccc(C(=O)NO)cc2)nc1OC(=O)O. The minimum Gasteiger partial charge on any atom is -0.449 e. The number of hydroxylamine groups is 1. The van der Waals surface area contributed by atoms with Crippen LogP contribution in [0.2, 0.25) is 0 Å². The molecule has 6 N–H and O–H groups in total. The number of H-pyrrole nitrogens is 1. The topological polar surface area (TPSA) is 166 Å². The van der Waals surface area contributed by atoms with Crippen molar-refractivity contribution in [1.29, 1.82) is 0 Å². The molecule has 11 nitrogen and oxygen atoms in total. The van der Waals surface area contributed by atoms with Crippen molar-refractivity contribution in [1.82, 2.24) is 15.4 Å². The lowest BCUT2D eigenvalue weighted by molar-refractivity contribution is -0.137. The molecule has 0 aliphatic heterocycles. The number of hydrogen-bond acceptors (Lipinski definition) is 6. The first-order valence-corrected chi connectivity index (χ1v) is 9.33. The molecule has 0 saturated carbocycles. The van der Waals surface area contributed by atoms with E-state index in [0.29, 0.717) is 5.56 Å². The van der Waals surface area contributed by atoms with Crippen molar-refractivity contribution in [3.05, 3.63) is 71.0 Å². The van der Waals surface area contributed by atoms with Crippen molar-refractivity contribution in [2.75, 3.05) is 10.6 Å². The van der Waals surface area contributed by atoms with E-state index in [-0.39, 0.29) is 29.3 Å². The number of carbonyl (C=O) groups excluding carboxylic acids is 2. The Morgan fingerprint density at radius 1 is 1.00 bits per heavy atom. The molecule has 0 bridgehead atoms. The lowest BCUT2D eigenvalue weighted by atomic mass is 10.1. The predicted molar refractivity (Wildman–Crippen MR) is 110 cm³/mol. The monoisotopic (exact) mass is 479 g/mol. The zero-order chi connectivity index (χ0) is 24.9. The fourth-order valence-corrected chi connectivity index (χ4v) is 2.78. The zero-order valence-corrected chi connectivity index (χ0v) is 16.9. The first-order chi connectivity index (χ1) is 16.0. The molecular formula is C20H16F3N5O6. The summed E-state index contributed by atoms with van der Waals surface area (Å²) < 4.78 is 42.5. The molecule has 0 aliphatic rings. The van der Waals surface area contributed by atoms with E-state index >= 15 is 0 Å². The van der Waals surface area contributed by atoms with Gasteiger partial charge in [0.1, 0.15) is 5.82 Å². The summed E-state index contributed by atoms with van der Waals surface area (Å²) in [5.74, 6) is -1.17. The van der Waals surface area contributed by atoms with Gasteiger partial charge in [-0.15, -0.1) is 0 Å². The van der Waals surface area contributed by atoms with Gasteiger partial charge < -0.3 is 20.1 Å². The predicted octanol–water partition coefficient (Wildman–Crippen LogP) is 3.84. The number of urea groups is 1. The van der Waals surface area contributed by atoms with E-state index in [2.05, 4.69) is 25.3 Å². The van der Waals surface area contributed by atoms with E-state index in [0.717, 1.165) is 24.3 Å². The van der Waals surface area contributed by atoms with Crippen LogP contribution >= 0.6 is 0 Å². The van der Waals surface area contributed by atoms with Gasteiger partial charge in [0.05, 0.1) is 5.56 Å². The van der Waals surface area contributed by atoms with Crippen LogP contribution in [0, 0.1) is 0 Å². The van der Waals surface area contributed by atoms with Crippen molar-refractivity contribution in [3.8, 4) is 5.88 Å². The van der Waals surface area contributed by atoms with E-state index in [4.69, 9.17) is 10.3 Å². The lowest BCUT2D eigenvalue weighted by Gasteiger charge is -2.09. The van der Waals surface area contributed by atoms with Gasteiger partial charge in [-0.2, -0.15) is 18.2 Å². The smallest absolute Gasteiger partial charge is 0.449 e. The standard InChI is InChI=1S/C20H16F3N5O6/c21-20(22,23)12-5-7-13(8-6-12)24-18(30)27-15-17(34-19(31)32)26-14(25-15)9-10-1-3-11(4-2-10)16(29)28-33/h1-8,33H,9H2,(H,25,26)(H,28,29)(H,31,32)(H2,24,27,30). The van der Waals surface area contributed by atoms with Gasteiger partial charge in [0.25, 0.3) is 11.8 Å². The van der Waals surface area contributed by atoms with E-state index in [9.17, 15) is 27.6 Å². The molecule has 2 aromatic carbocycles. The average molecular weight is 479 g/mol. The molecular weight excluding hydrogens is 463 g/mol. The van der Waals surface area contributed by atoms with E-state index in [1.165, 1.54) is 17.6 Å². The molecule has 0 spiro atoms. The molecule has 3 rings (SSSR count). The molecule has 0 unspecified atom stereocenters. The maximum Gasteiger partial charge on any atom is 0.512 e. The molecule has 0 atom stereocenters. The van der Waals surface area contributed by atoms with Gasteiger partial charge in [-0.3, -0.25) is 15.3 Å². The zero-order valence-electron chi connectivity index (χ0n) is 16.9. The molecule has 34 heavy (non-hydrogen) atoms. The molecule has 3 aromatic rings. The van der Waals surface area contributed by atoms with Gasteiger partial charge in [0.15, 0.2) is 5.82 Å². The Morgan fingerprint density at radius 3 is 2.21 bits per heavy atom. The molecule has 0 saturated heterocycles. The average Bonchev–Trinajstić information content (AvgIpc) is 3.13. The third-order valence-electron chi connectivity index (χ3n) is 4.30. The number of carbonyl (C=O) groups is 3. The van der Waals surface area contributed by atoms with Gasteiger partial charge in [-0.05, 0) is 42.0 Å². The summed E-state index contributed by atoms with van der Waals surface area (Å²) in [4.78, 5) is 41.2. The Hall–Kier alpha value is -4.59. The highest BCUT2D eigenvalue weighted by Gasteiger charge is 2.30. The van der Waals surface area contributed by atoms with E-state index in [1.54, 1.807) is 12.1 Å². The Bertz CT molecular complexity index is 1190. The summed E-state index contributed by atoms with van der Waals surface area (Å²) in [5.41, 5.74) is 1.50. The third-order valence-corrected chi connectivity index (χ3v) is 4.30. The number of halogens is 3. The summed E-state index contributed by atoms with van der Waals surface area (Å²) in [5, 5.41) is 22.1. The summed E-state index contributed by atoms with van der Waals surface area (Å²) in [7, 11) is 0. The first kappa shape index (κ1) is 24.1. The number of rotatable bonds is 6. The van der Waals surface area contributed by atoms with Crippen molar-refractivity contribution >= 4 is 29.6 Å². The number of nitrogens with zero attached hydrogens (tertiary/aromatic N) is 1. The van der Waals surface area contributed by atoms with Crippen LogP contribution in [0.4, 0.5) is 34.3 Å². The number of aromatic amines is 1. The van der Waals surface area contributed by atoms with E-state index < -0.39 is 35.7 Å². The Balaban J connectivity index is 1.72. The maximum absolute atomic E-state index is 12.6. The first-order valence-electron chi connectivity index (χ1n) is 9.33. The van der Waals surface area contributed by atoms with Crippen LogP contribution in [0.1, 0.15) is 27.3 Å². The van der Waals surface area contributed by atoms with E-state index in [1.807, 2.05) is 0 Å². The summed E-state index contributed by atoms with van der Waals surface area (Å²) in [6.07, 6.45) is -6.09. The minimum atomic E-state index is -4.53. The largest absolute Gasteiger partial charge is 0.512 e. The van der Waals surface area contributed by atoms with Crippen LogP contribution in [0.3, 0.4) is 0 Å². The van der Waals surface area contributed by atoms with Crippen LogP contribution < -0.4 is 20.9 Å². The molecule has 14 heteroatoms. The number of amides is 3. The normalized spacial score (nSPS) is 10.9. The van der Waals surface area contributed by atoms with Gasteiger partial charge in [-0.25, -0.2) is 15.1 Å². The van der Waals surface area contributed by atoms with Gasteiger partial charge in [0, 0.05) is 17.7 Å². The lowest BCUT2D eigenvalue weighted by Crippen LogP contribution is -2.20. The highest BCUT2D eigenvalue weighted by atomic mass is 19.4. The summed E-state index contributed by atoms with van der Waals surface area (Å²) >= 11 is 0. The molecule has 3 amide bonds. The number of nitrogens with one attached hydrogen (secondary N) is 4. The van der Waals surface area contributed by atoms with Gasteiger partial charge in [-0.1, -0.05) is 12.1 Å². The number of imidazole rings is 1. The second-order valence-corrected chi connectivity index (χ2v) is 6.70. The number of anilines is 2. The molecule has 0 radical (unpaired) electrons. The molecule has 178 valence electrons. The Morgan fingerprint density at radius 2 is 1.65 bits per heavy atom. The Kier molecular flexibility index (Phi) is 7.01. The second kappa shape index (κ2) is 9.91. The second-order valence-electron chi connectivity index (χ2n) is 6.70. The van der Waals surface area contributed by atoms with Crippen LogP contribution in [0.5, 0.6) is 5.88 Å². The molecule has 0 aliphatic carbocycles. The fourth-order valence-electron chi connectivity index (χ4n) is 2.78. The third kappa shape index (κ3) is 6.23. The van der Waals surface area contributed by atoms with Gasteiger partial charge in [0.2, 0.25) is 0 Å². The highest BCUT2D eigenvalue weighted by Crippen LogP contribution is 2.30. The quantitative estimate of drug-likeness (QED) is 0.177. The maximum atomic E-state index is 12.6. The summed E-state index contributed by atoms with van der Waals surface area (Å²) in [6.45, 7) is 0. The van der Waals surface area contributed by atoms with Crippen molar-refractivity contribution in [3.63, 3.8) is 0 Å². The molecule has 1 aromatic heterocycles. The van der Waals surface area contributed by atoms with Crippen LogP contribution in [0.15, 0.2) is 48.5 Å². The Labute approximate surface area is 188 Å². The molecule has 0 fully saturated rings. The number of aromatic nitrogens is 2. The number of alkyl halides is 3. The van der Waals surface area contributed by atoms with Crippen LogP contribution in [-0.2, 0) is 12.6 Å². The fraction of sp³-hybridized carbons (Fsp3) is 0.100. The summed E-state index contributed by atoms with van der Waals surface area (Å²) in [6, 6.07) is 8.79. The van der Waals surface area contributed by atoms with Crippen molar-refractivity contribution < 1.29 is 42.6 Å². The number of carboxylic acid groups (broad SMARTS) is 1. The highest BCUT2D eigenvalue weighted by molar-refractivity contribution is 6.00. The van der Waals surface area contributed by atoms with Crippen molar-refractivity contribution in [2.45, 2.75) is 12.6 Å². The number of benzene rings is 2. The number of ether oxygens (including phenoxy) is 1.